The maximum absolute atomic E-state index is 12.8. The average molecular weight is 396 g/mol. The van der Waals surface area contributed by atoms with Crippen LogP contribution < -0.4 is 5.32 Å². The van der Waals surface area contributed by atoms with Crippen LogP contribution in [0, 0.1) is 5.92 Å². The topological polar surface area (TPSA) is 79.0 Å². The molecule has 0 radical (unpaired) electrons. The van der Waals surface area contributed by atoms with Crippen molar-refractivity contribution in [2.45, 2.75) is 25.7 Å². The van der Waals surface area contributed by atoms with Crippen LogP contribution in [0.5, 0.6) is 0 Å². The first kappa shape index (κ1) is 20.3. The Bertz CT molecular complexity index is 720. The molecule has 27 heavy (non-hydrogen) atoms. The quantitative estimate of drug-likeness (QED) is 0.785. The lowest BCUT2D eigenvalue weighted by molar-refractivity contribution is -0.126. The van der Waals surface area contributed by atoms with Crippen LogP contribution in [0.3, 0.4) is 0 Å². The molecule has 0 saturated carbocycles. The molecule has 7 nitrogen and oxygen atoms in total. The van der Waals surface area contributed by atoms with Crippen LogP contribution in [0.2, 0.25) is 0 Å². The van der Waals surface area contributed by atoms with Crippen LogP contribution >= 0.6 is 0 Å². The lowest BCUT2D eigenvalue weighted by Crippen LogP contribution is -2.53. The van der Waals surface area contributed by atoms with E-state index >= 15 is 0 Å². The van der Waals surface area contributed by atoms with Crippen LogP contribution in [-0.4, -0.2) is 68.9 Å². The number of amides is 1. The molecule has 0 unspecified atom stereocenters. The van der Waals surface area contributed by atoms with Crippen molar-refractivity contribution in [3.63, 3.8) is 0 Å². The van der Waals surface area contributed by atoms with E-state index in [1.165, 1.54) is 14.2 Å². The Morgan fingerprint density at radius 3 is 2.59 bits per heavy atom. The van der Waals surface area contributed by atoms with Crippen LogP contribution in [0.15, 0.2) is 30.3 Å². The van der Waals surface area contributed by atoms with Crippen molar-refractivity contribution in [2.75, 3.05) is 45.9 Å². The zero-order valence-corrected chi connectivity index (χ0v) is 16.7. The Hall–Kier alpha value is -1.48. The summed E-state index contributed by atoms with van der Waals surface area (Å²) in [5, 5.41) is 3.01. The highest BCUT2D eigenvalue weighted by atomic mass is 32.2. The van der Waals surface area contributed by atoms with Crippen molar-refractivity contribution in [1.29, 1.82) is 0 Å². The van der Waals surface area contributed by atoms with Gasteiger partial charge in [-0.15, -0.1) is 0 Å². The van der Waals surface area contributed by atoms with E-state index in [0.717, 1.165) is 6.42 Å². The molecular weight excluding hydrogens is 366 g/mol. The first-order valence-electron chi connectivity index (χ1n) is 9.64. The largest absolute Gasteiger partial charge is 0.379 e. The molecule has 2 aliphatic rings. The minimum Gasteiger partial charge on any atom is -0.379 e. The summed E-state index contributed by atoms with van der Waals surface area (Å²) in [5.41, 5.74) is 1.18. The van der Waals surface area contributed by atoms with E-state index < -0.39 is 10.2 Å². The number of morpholine rings is 1. The van der Waals surface area contributed by atoms with Gasteiger partial charge in [0.05, 0.1) is 19.1 Å². The van der Waals surface area contributed by atoms with Crippen LogP contribution in [0.1, 0.15) is 31.2 Å². The van der Waals surface area contributed by atoms with Crippen molar-refractivity contribution in [1.82, 2.24) is 13.9 Å². The Morgan fingerprint density at radius 1 is 1.19 bits per heavy atom. The molecule has 1 aromatic carbocycles. The van der Waals surface area contributed by atoms with Gasteiger partial charge in [-0.05, 0) is 24.3 Å². The lowest BCUT2D eigenvalue weighted by Gasteiger charge is -2.36. The maximum Gasteiger partial charge on any atom is 0.282 e. The minimum atomic E-state index is -3.52. The monoisotopic (exact) mass is 395 g/mol. The Balaban J connectivity index is 1.54. The predicted octanol–water partition coefficient (Wildman–Crippen LogP) is 1.20. The molecule has 0 aliphatic carbocycles. The second-order valence-corrected chi connectivity index (χ2v) is 9.20. The van der Waals surface area contributed by atoms with Gasteiger partial charge in [0, 0.05) is 32.7 Å². The molecule has 1 aromatic rings. The summed E-state index contributed by atoms with van der Waals surface area (Å²) in [6, 6.07) is 10.1. The summed E-state index contributed by atoms with van der Waals surface area (Å²) in [6.07, 6.45) is 1.43. The highest BCUT2D eigenvalue weighted by molar-refractivity contribution is 7.86. The molecule has 2 atom stereocenters. The van der Waals surface area contributed by atoms with Gasteiger partial charge in [0.15, 0.2) is 0 Å². The summed E-state index contributed by atoms with van der Waals surface area (Å²) in [5.74, 6) is -0.135. The molecule has 2 fully saturated rings. The Kier molecular flexibility index (Phi) is 6.86. The van der Waals surface area contributed by atoms with Crippen molar-refractivity contribution < 1.29 is 17.9 Å². The SMILES string of the molecule is C[C@@H](CNC(=O)[C@H]1CCCN(S(=O)(=O)N2CCOCC2)C1)c1ccccc1. The van der Waals surface area contributed by atoms with Gasteiger partial charge in [0.25, 0.3) is 10.2 Å². The van der Waals surface area contributed by atoms with Gasteiger partial charge in [-0.3, -0.25) is 4.79 Å². The fraction of sp³-hybridized carbons (Fsp3) is 0.632. The second kappa shape index (κ2) is 9.14. The summed E-state index contributed by atoms with van der Waals surface area (Å²) in [7, 11) is -3.52. The molecule has 8 heteroatoms. The van der Waals surface area contributed by atoms with E-state index in [1.54, 1.807) is 0 Å². The lowest BCUT2D eigenvalue weighted by atomic mass is 9.97. The van der Waals surface area contributed by atoms with Crippen LogP contribution in [0.25, 0.3) is 0 Å². The fourth-order valence-electron chi connectivity index (χ4n) is 3.60. The minimum absolute atomic E-state index is 0.0559. The van der Waals surface area contributed by atoms with E-state index in [1.807, 2.05) is 30.3 Å². The number of hydrogen-bond donors (Lipinski definition) is 1. The molecule has 2 saturated heterocycles. The second-order valence-electron chi connectivity index (χ2n) is 7.27. The van der Waals surface area contributed by atoms with E-state index in [2.05, 4.69) is 12.2 Å². The molecule has 1 N–H and O–H groups in total. The van der Waals surface area contributed by atoms with Gasteiger partial charge < -0.3 is 10.1 Å². The number of ether oxygens (including phenoxy) is 1. The summed E-state index contributed by atoms with van der Waals surface area (Å²) in [4.78, 5) is 12.6. The Labute approximate surface area is 161 Å². The number of piperidine rings is 1. The van der Waals surface area contributed by atoms with Crippen molar-refractivity contribution >= 4 is 16.1 Å². The highest BCUT2D eigenvalue weighted by Gasteiger charge is 2.36. The highest BCUT2D eigenvalue weighted by Crippen LogP contribution is 2.22. The summed E-state index contributed by atoms with van der Waals surface area (Å²) >= 11 is 0. The van der Waals surface area contributed by atoms with Gasteiger partial charge in [0.1, 0.15) is 0 Å². The molecule has 150 valence electrons. The molecule has 1 amide bonds. The third-order valence-electron chi connectivity index (χ3n) is 5.33. The normalized spacial score (nSPS) is 23.7. The molecule has 2 aliphatic heterocycles. The van der Waals surface area contributed by atoms with Gasteiger partial charge in [0.2, 0.25) is 5.91 Å². The molecular formula is C19H29N3O4S. The molecule has 0 spiro atoms. The zero-order chi connectivity index (χ0) is 19.3. The van der Waals surface area contributed by atoms with E-state index in [0.29, 0.717) is 45.8 Å². The first-order chi connectivity index (χ1) is 13.0. The van der Waals surface area contributed by atoms with E-state index in [4.69, 9.17) is 4.74 Å². The number of benzene rings is 1. The summed E-state index contributed by atoms with van der Waals surface area (Å²) in [6.45, 7) is 4.97. The van der Waals surface area contributed by atoms with Gasteiger partial charge in [-0.1, -0.05) is 37.3 Å². The van der Waals surface area contributed by atoms with Gasteiger partial charge in [-0.25, -0.2) is 0 Å². The number of carbonyl (C=O) groups is 1. The third-order valence-corrected chi connectivity index (χ3v) is 7.33. The number of nitrogens with zero attached hydrogens (tertiary/aromatic N) is 2. The molecule has 3 rings (SSSR count). The van der Waals surface area contributed by atoms with Gasteiger partial charge >= 0.3 is 0 Å². The van der Waals surface area contributed by atoms with Crippen molar-refractivity contribution in [2.24, 2.45) is 5.92 Å². The fourth-order valence-corrected chi connectivity index (χ4v) is 5.27. The predicted molar refractivity (Wildman–Crippen MR) is 103 cm³/mol. The van der Waals surface area contributed by atoms with Crippen molar-refractivity contribution in [3.05, 3.63) is 35.9 Å². The van der Waals surface area contributed by atoms with Crippen LogP contribution in [-0.2, 0) is 19.7 Å². The van der Waals surface area contributed by atoms with E-state index in [-0.39, 0.29) is 24.3 Å². The zero-order valence-electron chi connectivity index (χ0n) is 15.8. The number of rotatable bonds is 6. The standard InChI is InChI=1S/C19H29N3O4S/c1-16(17-6-3-2-4-7-17)14-20-19(23)18-8-5-9-22(15-18)27(24,25)21-10-12-26-13-11-21/h2-4,6-7,16,18H,5,8-15H2,1H3,(H,20,23)/t16-,18-/m0/s1. The van der Waals surface area contributed by atoms with E-state index in [9.17, 15) is 13.2 Å². The van der Waals surface area contributed by atoms with Crippen LogP contribution in [0.4, 0.5) is 0 Å². The summed E-state index contributed by atoms with van der Waals surface area (Å²) < 4.78 is 33.8. The molecule has 0 aromatic heterocycles. The Morgan fingerprint density at radius 2 is 1.89 bits per heavy atom. The number of hydrogen-bond acceptors (Lipinski definition) is 4. The third kappa shape index (κ3) is 5.07. The first-order valence-corrected chi connectivity index (χ1v) is 11.0. The van der Waals surface area contributed by atoms with Crippen molar-refractivity contribution in [3.8, 4) is 0 Å². The number of nitrogens with one attached hydrogen (secondary N) is 1. The molecule has 0 bridgehead atoms. The average Bonchev–Trinajstić information content (AvgIpc) is 2.73. The maximum atomic E-state index is 12.8. The smallest absolute Gasteiger partial charge is 0.282 e. The number of carbonyl (C=O) groups excluding carboxylic acids is 1. The molecule has 2 heterocycles. The van der Waals surface area contributed by atoms with Gasteiger partial charge in [-0.2, -0.15) is 17.0 Å².